The first-order chi connectivity index (χ1) is 6.66. The molecule has 0 saturated carbocycles. The molecule has 0 unspecified atom stereocenters. The van der Waals surface area contributed by atoms with Crippen molar-refractivity contribution in [3.63, 3.8) is 0 Å². The second kappa shape index (κ2) is 4.61. The van der Waals surface area contributed by atoms with Crippen LogP contribution in [-0.2, 0) is 4.79 Å². The van der Waals surface area contributed by atoms with E-state index in [9.17, 15) is 4.79 Å². The van der Waals surface area contributed by atoms with E-state index in [0.29, 0.717) is 0 Å². The zero-order chi connectivity index (χ0) is 10.6. The average molecular weight is 189 g/mol. The van der Waals surface area contributed by atoms with Gasteiger partial charge in [-0.3, -0.25) is 4.79 Å². The van der Waals surface area contributed by atoms with Crippen LogP contribution in [0.15, 0.2) is 35.9 Å². The molecule has 0 spiro atoms. The first kappa shape index (κ1) is 10.5. The lowest BCUT2D eigenvalue weighted by atomic mass is 10.0. The Hall–Kier alpha value is -1.57. The maximum atomic E-state index is 11.4. The van der Waals surface area contributed by atoms with Gasteiger partial charge in [0.25, 0.3) is 0 Å². The Bertz CT molecular complexity index is 352. The second-order valence-electron chi connectivity index (χ2n) is 3.20. The molecule has 0 fully saturated rings. The van der Waals surface area contributed by atoms with Crippen molar-refractivity contribution in [3.8, 4) is 0 Å². The van der Waals surface area contributed by atoms with Gasteiger partial charge in [-0.1, -0.05) is 30.3 Å². The van der Waals surface area contributed by atoms with Crippen LogP contribution in [0.4, 0.5) is 0 Å². The molecule has 0 radical (unpaired) electrons. The lowest BCUT2D eigenvalue weighted by Crippen LogP contribution is -2.19. The Balaban J connectivity index is 3.05. The summed E-state index contributed by atoms with van der Waals surface area (Å²) >= 11 is 0. The van der Waals surface area contributed by atoms with Gasteiger partial charge in [0.2, 0.25) is 5.91 Å². The minimum Gasteiger partial charge on any atom is -0.355 e. The molecule has 1 N–H and O–H groups in total. The van der Waals surface area contributed by atoms with Crippen LogP contribution in [0.1, 0.15) is 19.4 Å². The molecule has 1 rings (SSSR count). The van der Waals surface area contributed by atoms with E-state index in [1.54, 1.807) is 7.05 Å². The molecule has 0 bridgehead atoms. The van der Waals surface area contributed by atoms with Crippen LogP contribution in [0.2, 0.25) is 0 Å². The van der Waals surface area contributed by atoms with E-state index in [1.807, 2.05) is 44.2 Å². The molecule has 2 nitrogen and oxygen atoms in total. The van der Waals surface area contributed by atoms with Crippen molar-refractivity contribution < 1.29 is 4.79 Å². The van der Waals surface area contributed by atoms with Crippen LogP contribution >= 0.6 is 0 Å². The fraction of sp³-hybridized carbons (Fsp3) is 0.250. The lowest BCUT2D eigenvalue weighted by Gasteiger charge is -2.06. The van der Waals surface area contributed by atoms with Gasteiger partial charge in [0.1, 0.15) is 0 Å². The van der Waals surface area contributed by atoms with E-state index in [0.717, 1.165) is 16.7 Å². The van der Waals surface area contributed by atoms with Crippen molar-refractivity contribution in [2.24, 2.45) is 0 Å². The average Bonchev–Trinajstić information content (AvgIpc) is 2.27. The SMILES string of the molecule is CNC(=O)C(C)=C(C)c1ccccc1. The summed E-state index contributed by atoms with van der Waals surface area (Å²) in [5.41, 5.74) is 2.87. The molecule has 1 aromatic carbocycles. The summed E-state index contributed by atoms with van der Waals surface area (Å²) in [4.78, 5) is 11.4. The van der Waals surface area contributed by atoms with Gasteiger partial charge in [-0.15, -0.1) is 0 Å². The maximum Gasteiger partial charge on any atom is 0.246 e. The highest BCUT2D eigenvalue weighted by Gasteiger charge is 2.06. The molecular formula is C12H15NO. The number of likely N-dealkylation sites (N-methyl/N-ethyl adjacent to an activating group) is 1. The summed E-state index contributed by atoms with van der Waals surface area (Å²) in [6.07, 6.45) is 0. The summed E-state index contributed by atoms with van der Waals surface area (Å²) in [6, 6.07) is 9.90. The first-order valence-electron chi connectivity index (χ1n) is 4.61. The number of hydrogen-bond donors (Lipinski definition) is 1. The van der Waals surface area contributed by atoms with Crippen LogP contribution in [0, 0.1) is 0 Å². The quantitative estimate of drug-likeness (QED) is 0.710. The second-order valence-corrected chi connectivity index (χ2v) is 3.20. The highest BCUT2D eigenvalue weighted by atomic mass is 16.1. The molecule has 2 heteroatoms. The molecule has 0 aliphatic rings. The lowest BCUT2D eigenvalue weighted by molar-refractivity contribution is -0.116. The third-order valence-corrected chi connectivity index (χ3v) is 2.34. The minimum absolute atomic E-state index is 0.0219. The number of rotatable bonds is 2. The van der Waals surface area contributed by atoms with Crippen molar-refractivity contribution >= 4 is 11.5 Å². The molecule has 0 saturated heterocycles. The molecule has 1 amide bonds. The third kappa shape index (κ3) is 2.22. The van der Waals surface area contributed by atoms with Crippen LogP contribution in [0.25, 0.3) is 5.57 Å². The Labute approximate surface area is 84.6 Å². The van der Waals surface area contributed by atoms with Gasteiger partial charge in [0.15, 0.2) is 0 Å². The topological polar surface area (TPSA) is 29.1 Å². The number of carbonyl (C=O) groups is 1. The zero-order valence-corrected chi connectivity index (χ0v) is 8.79. The molecule has 0 heterocycles. The zero-order valence-electron chi connectivity index (χ0n) is 8.79. The summed E-state index contributed by atoms with van der Waals surface area (Å²) in [5, 5.41) is 2.62. The monoisotopic (exact) mass is 189 g/mol. The van der Waals surface area contributed by atoms with Gasteiger partial charge in [-0.25, -0.2) is 0 Å². The van der Waals surface area contributed by atoms with E-state index in [-0.39, 0.29) is 5.91 Å². The highest BCUT2D eigenvalue weighted by Crippen LogP contribution is 2.17. The standard InChI is InChI=1S/C12H15NO/c1-9(10(2)12(14)13-3)11-7-5-4-6-8-11/h4-8H,1-3H3,(H,13,14). The predicted octanol–water partition coefficient (Wildman–Crippen LogP) is 2.23. The fourth-order valence-corrected chi connectivity index (χ4v) is 1.26. The number of allylic oxidation sites excluding steroid dienone is 1. The largest absolute Gasteiger partial charge is 0.355 e. The van der Waals surface area contributed by atoms with Crippen LogP contribution in [-0.4, -0.2) is 13.0 Å². The Morgan fingerprint density at radius 1 is 1.14 bits per heavy atom. The summed E-state index contributed by atoms with van der Waals surface area (Å²) in [6.45, 7) is 3.79. The van der Waals surface area contributed by atoms with Crippen LogP contribution in [0.3, 0.4) is 0 Å². The predicted molar refractivity (Wildman–Crippen MR) is 58.8 cm³/mol. The molecule has 1 aromatic rings. The van der Waals surface area contributed by atoms with Gasteiger partial charge in [0, 0.05) is 12.6 Å². The van der Waals surface area contributed by atoms with Crippen molar-refractivity contribution in [3.05, 3.63) is 41.5 Å². The first-order valence-corrected chi connectivity index (χ1v) is 4.61. The third-order valence-electron chi connectivity index (χ3n) is 2.34. The molecule has 0 aliphatic heterocycles. The van der Waals surface area contributed by atoms with Crippen molar-refractivity contribution in [1.29, 1.82) is 0 Å². The molecule has 14 heavy (non-hydrogen) atoms. The Morgan fingerprint density at radius 3 is 2.21 bits per heavy atom. The summed E-state index contributed by atoms with van der Waals surface area (Å²) < 4.78 is 0. The van der Waals surface area contributed by atoms with Crippen molar-refractivity contribution in [1.82, 2.24) is 5.32 Å². The number of carbonyl (C=O) groups excluding carboxylic acids is 1. The number of benzene rings is 1. The van der Waals surface area contributed by atoms with Crippen LogP contribution < -0.4 is 5.32 Å². The summed E-state index contributed by atoms with van der Waals surface area (Å²) in [7, 11) is 1.64. The van der Waals surface area contributed by atoms with Crippen molar-refractivity contribution in [2.45, 2.75) is 13.8 Å². The molecular weight excluding hydrogens is 174 g/mol. The fourth-order valence-electron chi connectivity index (χ4n) is 1.26. The van der Waals surface area contributed by atoms with E-state index in [4.69, 9.17) is 0 Å². The van der Waals surface area contributed by atoms with E-state index in [1.165, 1.54) is 0 Å². The van der Waals surface area contributed by atoms with Gasteiger partial charge >= 0.3 is 0 Å². The van der Waals surface area contributed by atoms with E-state index >= 15 is 0 Å². The van der Waals surface area contributed by atoms with Gasteiger partial charge in [-0.2, -0.15) is 0 Å². The van der Waals surface area contributed by atoms with Crippen molar-refractivity contribution in [2.75, 3.05) is 7.05 Å². The highest BCUT2D eigenvalue weighted by molar-refractivity contribution is 6.00. The summed E-state index contributed by atoms with van der Waals surface area (Å²) in [5.74, 6) is -0.0219. The van der Waals surface area contributed by atoms with E-state index in [2.05, 4.69) is 5.32 Å². The smallest absolute Gasteiger partial charge is 0.246 e. The molecule has 0 atom stereocenters. The normalized spacial score (nSPS) is 11.9. The maximum absolute atomic E-state index is 11.4. The van der Waals surface area contributed by atoms with Gasteiger partial charge < -0.3 is 5.32 Å². The van der Waals surface area contributed by atoms with E-state index < -0.39 is 0 Å². The number of nitrogens with one attached hydrogen (secondary N) is 1. The molecule has 0 aromatic heterocycles. The molecule has 0 aliphatic carbocycles. The molecule has 74 valence electrons. The number of hydrogen-bond acceptors (Lipinski definition) is 1. The Morgan fingerprint density at radius 2 is 1.71 bits per heavy atom. The van der Waals surface area contributed by atoms with Gasteiger partial charge in [-0.05, 0) is 25.0 Å². The minimum atomic E-state index is -0.0219. The van der Waals surface area contributed by atoms with Crippen LogP contribution in [0.5, 0.6) is 0 Å². The number of amides is 1. The Kier molecular flexibility index (Phi) is 3.46. The van der Waals surface area contributed by atoms with Gasteiger partial charge in [0.05, 0.1) is 0 Å².